The molecule has 1 atom stereocenters. The molecule has 3 rings (SSSR count). The zero-order valence-corrected chi connectivity index (χ0v) is 19.4. The van der Waals surface area contributed by atoms with E-state index in [4.69, 9.17) is 0 Å². The first-order chi connectivity index (χ1) is 14.3. The summed E-state index contributed by atoms with van der Waals surface area (Å²) >= 11 is 0. The van der Waals surface area contributed by atoms with Crippen molar-refractivity contribution < 1.29 is 13.2 Å². The van der Waals surface area contributed by atoms with E-state index in [1.54, 1.807) is 12.1 Å². The molecule has 2 aromatic rings. The molecule has 1 unspecified atom stereocenters. The second-order valence-electron chi connectivity index (χ2n) is 7.97. The molecule has 1 saturated heterocycles. The van der Waals surface area contributed by atoms with Gasteiger partial charge in [0.1, 0.15) is 5.82 Å². The number of carbonyl (C=O) groups excluding carboxylic acids is 1. The monoisotopic (exact) mass is 434 g/mol. The average Bonchev–Trinajstić information content (AvgIpc) is 3.07. The lowest BCUT2D eigenvalue weighted by atomic mass is 9.99. The summed E-state index contributed by atoms with van der Waals surface area (Å²) < 4.78 is 29.0. The fourth-order valence-electron chi connectivity index (χ4n) is 4.44. The van der Waals surface area contributed by atoms with Gasteiger partial charge in [-0.05, 0) is 43.9 Å². The molecule has 0 bridgehead atoms. The molecule has 166 valence electrons. The molecule has 7 nitrogen and oxygen atoms in total. The quantitative estimate of drug-likeness (QED) is 0.639. The largest absolute Gasteiger partial charge is 0.340 e. The van der Waals surface area contributed by atoms with E-state index < -0.39 is 10.0 Å². The van der Waals surface area contributed by atoms with Crippen LogP contribution in [0.2, 0.25) is 0 Å². The third kappa shape index (κ3) is 4.39. The number of benzene rings is 1. The van der Waals surface area contributed by atoms with Crippen molar-refractivity contribution >= 4 is 27.0 Å². The molecule has 0 saturated carbocycles. The number of imidazole rings is 1. The lowest BCUT2D eigenvalue weighted by molar-refractivity contribution is -0.134. The summed E-state index contributed by atoms with van der Waals surface area (Å²) in [5.74, 6) is 0.999. The molecule has 0 spiro atoms. The number of hydrogen-bond acceptors (Lipinski definition) is 4. The fraction of sp³-hybridized carbons (Fsp3) is 0.636. The van der Waals surface area contributed by atoms with Crippen LogP contribution in [-0.4, -0.2) is 58.8 Å². The van der Waals surface area contributed by atoms with E-state index in [0.717, 1.165) is 37.1 Å². The van der Waals surface area contributed by atoms with Crippen molar-refractivity contribution in [1.29, 1.82) is 0 Å². The van der Waals surface area contributed by atoms with Crippen LogP contribution in [0.15, 0.2) is 23.1 Å². The van der Waals surface area contributed by atoms with Gasteiger partial charge in [-0.1, -0.05) is 20.8 Å². The number of rotatable bonds is 8. The number of aromatic nitrogens is 2. The number of fused-ring (bicyclic) bond motifs is 1. The van der Waals surface area contributed by atoms with E-state index >= 15 is 0 Å². The maximum absolute atomic E-state index is 12.8. The first-order valence-electron chi connectivity index (χ1n) is 11.1. The molecule has 1 aliphatic rings. The maximum atomic E-state index is 12.8. The summed E-state index contributed by atoms with van der Waals surface area (Å²) in [6, 6.07) is 5.46. The number of piperidine rings is 1. The molecule has 0 radical (unpaired) electrons. The van der Waals surface area contributed by atoms with Crippen LogP contribution < -0.4 is 0 Å². The molecular formula is C22H34N4O3S. The third-order valence-corrected chi connectivity index (χ3v) is 8.32. The first-order valence-corrected chi connectivity index (χ1v) is 12.5. The van der Waals surface area contributed by atoms with Gasteiger partial charge in [0.2, 0.25) is 15.9 Å². The Kier molecular flexibility index (Phi) is 7.18. The number of aryl methyl sites for hydroxylation is 2. The highest BCUT2D eigenvalue weighted by Gasteiger charge is 2.26. The Morgan fingerprint density at radius 2 is 1.93 bits per heavy atom. The van der Waals surface area contributed by atoms with Gasteiger partial charge in [-0.15, -0.1) is 0 Å². The van der Waals surface area contributed by atoms with Gasteiger partial charge in [-0.3, -0.25) is 4.79 Å². The predicted molar refractivity (Wildman–Crippen MR) is 119 cm³/mol. The molecule has 0 aliphatic carbocycles. The first kappa shape index (κ1) is 22.7. The van der Waals surface area contributed by atoms with Crippen molar-refractivity contribution in [2.24, 2.45) is 7.05 Å². The van der Waals surface area contributed by atoms with Crippen LogP contribution in [0.5, 0.6) is 0 Å². The normalized spacial score (nSPS) is 17.8. The number of nitrogens with zero attached hydrogens (tertiary/aromatic N) is 4. The predicted octanol–water partition coefficient (Wildman–Crippen LogP) is 3.33. The Hall–Kier alpha value is -1.93. The van der Waals surface area contributed by atoms with Crippen molar-refractivity contribution in [3.05, 3.63) is 24.0 Å². The smallest absolute Gasteiger partial charge is 0.243 e. The number of sulfonamides is 1. The van der Waals surface area contributed by atoms with Crippen LogP contribution in [-0.2, 0) is 28.3 Å². The van der Waals surface area contributed by atoms with Gasteiger partial charge in [0, 0.05) is 45.6 Å². The van der Waals surface area contributed by atoms with Gasteiger partial charge >= 0.3 is 0 Å². The van der Waals surface area contributed by atoms with Gasteiger partial charge in [-0.25, -0.2) is 13.4 Å². The van der Waals surface area contributed by atoms with Crippen molar-refractivity contribution in [3.63, 3.8) is 0 Å². The van der Waals surface area contributed by atoms with E-state index in [-0.39, 0.29) is 10.8 Å². The Bertz CT molecular complexity index is 995. The topological polar surface area (TPSA) is 75.5 Å². The zero-order valence-electron chi connectivity index (χ0n) is 18.6. The van der Waals surface area contributed by atoms with E-state index in [1.807, 2.05) is 36.4 Å². The zero-order chi connectivity index (χ0) is 21.9. The van der Waals surface area contributed by atoms with Crippen LogP contribution >= 0.6 is 0 Å². The highest BCUT2D eigenvalue weighted by Crippen LogP contribution is 2.24. The SMILES string of the molecule is CCC1CCCCN1C(=O)CCc1nc2cc(S(=O)(=O)N(CC)CC)ccc2n1C. The summed E-state index contributed by atoms with van der Waals surface area (Å²) in [4.78, 5) is 19.8. The molecule has 30 heavy (non-hydrogen) atoms. The minimum Gasteiger partial charge on any atom is -0.340 e. The number of carbonyl (C=O) groups is 1. The van der Waals surface area contributed by atoms with Crippen molar-refractivity contribution in [1.82, 2.24) is 18.8 Å². The van der Waals surface area contributed by atoms with Crippen LogP contribution in [0.4, 0.5) is 0 Å². The Balaban J connectivity index is 1.79. The van der Waals surface area contributed by atoms with Gasteiger partial charge in [0.05, 0.1) is 15.9 Å². The molecule has 1 fully saturated rings. The highest BCUT2D eigenvalue weighted by molar-refractivity contribution is 7.89. The molecule has 1 aromatic heterocycles. The van der Waals surface area contributed by atoms with Crippen LogP contribution in [0.25, 0.3) is 11.0 Å². The van der Waals surface area contributed by atoms with Crippen molar-refractivity contribution in [2.75, 3.05) is 19.6 Å². The summed E-state index contributed by atoms with van der Waals surface area (Å²) in [5, 5.41) is 0. The highest BCUT2D eigenvalue weighted by atomic mass is 32.2. The van der Waals surface area contributed by atoms with Crippen molar-refractivity contribution in [3.8, 4) is 0 Å². The minimum absolute atomic E-state index is 0.193. The molecule has 1 amide bonds. The van der Waals surface area contributed by atoms with E-state index in [9.17, 15) is 13.2 Å². The van der Waals surface area contributed by atoms with Crippen LogP contribution in [0, 0.1) is 0 Å². The van der Waals surface area contributed by atoms with Gasteiger partial charge < -0.3 is 9.47 Å². The number of amides is 1. The number of hydrogen-bond donors (Lipinski definition) is 0. The Morgan fingerprint density at radius 1 is 1.20 bits per heavy atom. The van der Waals surface area contributed by atoms with E-state index in [2.05, 4.69) is 11.9 Å². The standard InChI is InChI=1S/C22H34N4O3S/c1-5-17-10-8-9-15-26(17)22(27)14-13-21-23-19-16-18(11-12-20(19)24(21)4)30(28,29)25(6-2)7-3/h11-12,16-17H,5-10,13-15H2,1-4H3. The molecule has 8 heteroatoms. The number of likely N-dealkylation sites (tertiary alicyclic amines) is 1. The van der Waals surface area contributed by atoms with Gasteiger partial charge in [0.25, 0.3) is 0 Å². The lowest BCUT2D eigenvalue weighted by Gasteiger charge is -2.35. The van der Waals surface area contributed by atoms with Gasteiger partial charge in [0.15, 0.2) is 0 Å². The van der Waals surface area contributed by atoms with E-state index in [0.29, 0.717) is 37.5 Å². The summed E-state index contributed by atoms with van der Waals surface area (Å²) in [7, 11) is -1.60. The molecule has 1 aliphatic heterocycles. The minimum atomic E-state index is -3.52. The summed E-state index contributed by atoms with van der Waals surface area (Å²) in [6.45, 7) is 7.53. The fourth-order valence-corrected chi connectivity index (χ4v) is 5.92. The average molecular weight is 435 g/mol. The van der Waals surface area contributed by atoms with Crippen molar-refractivity contribution in [2.45, 2.75) is 70.2 Å². The Morgan fingerprint density at radius 3 is 2.60 bits per heavy atom. The second-order valence-corrected chi connectivity index (χ2v) is 9.91. The summed E-state index contributed by atoms with van der Waals surface area (Å²) in [5.41, 5.74) is 1.53. The third-order valence-electron chi connectivity index (χ3n) is 6.27. The van der Waals surface area contributed by atoms with Crippen LogP contribution in [0.1, 0.15) is 58.7 Å². The molecule has 0 N–H and O–H groups in total. The second kappa shape index (κ2) is 9.47. The maximum Gasteiger partial charge on any atom is 0.243 e. The molecular weight excluding hydrogens is 400 g/mol. The molecule has 2 heterocycles. The van der Waals surface area contributed by atoms with Crippen LogP contribution in [0.3, 0.4) is 0 Å². The Labute approximate surface area is 180 Å². The molecule has 1 aromatic carbocycles. The summed E-state index contributed by atoms with van der Waals surface area (Å²) in [6.07, 6.45) is 5.36. The lowest BCUT2D eigenvalue weighted by Crippen LogP contribution is -2.43. The van der Waals surface area contributed by atoms with E-state index in [1.165, 1.54) is 10.7 Å². The van der Waals surface area contributed by atoms with Gasteiger partial charge in [-0.2, -0.15) is 4.31 Å².